The maximum absolute atomic E-state index is 10.8. The molecule has 116 valence electrons. The first-order chi connectivity index (χ1) is 10.1. The first-order valence-corrected chi connectivity index (χ1v) is 8.07. The Morgan fingerprint density at radius 3 is 2.24 bits per heavy atom. The lowest BCUT2D eigenvalue weighted by Gasteiger charge is -2.25. The third-order valence-corrected chi connectivity index (χ3v) is 4.27. The molecule has 21 heavy (non-hydrogen) atoms. The van der Waals surface area contributed by atoms with E-state index in [1.54, 1.807) is 0 Å². The fraction of sp³-hybridized carbons (Fsp3) is 0.588. The van der Waals surface area contributed by atoms with Crippen LogP contribution in [0, 0.1) is 0 Å². The largest absolute Gasteiger partial charge is 0.351 e. The van der Waals surface area contributed by atoms with Crippen molar-refractivity contribution >= 4 is 11.7 Å². The van der Waals surface area contributed by atoms with Gasteiger partial charge in [-0.1, -0.05) is 44.2 Å². The standard InChI is InChI=1S/C17H27N3O/c1-13(19-15-7-5-3-2-4-6-8-15)14-9-11-16(12-10-14)20-17(18)21/h9-13,15,19H,2-8H2,1H3,(H3,18,20,21). The molecule has 2 rings (SSSR count). The second-order valence-corrected chi connectivity index (χ2v) is 6.04. The van der Waals surface area contributed by atoms with E-state index in [1.807, 2.05) is 24.3 Å². The Morgan fingerprint density at radius 1 is 1.10 bits per heavy atom. The molecule has 1 aliphatic rings. The van der Waals surface area contributed by atoms with Crippen molar-refractivity contribution in [1.29, 1.82) is 0 Å². The Kier molecular flexibility index (Phi) is 6.05. The van der Waals surface area contributed by atoms with Gasteiger partial charge in [0.05, 0.1) is 0 Å². The van der Waals surface area contributed by atoms with Crippen LogP contribution in [0.25, 0.3) is 0 Å². The zero-order valence-electron chi connectivity index (χ0n) is 12.9. The molecular weight excluding hydrogens is 262 g/mol. The molecule has 0 aromatic heterocycles. The van der Waals surface area contributed by atoms with Crippen molar-refractivity contribution in [1.82, 2.24) is 5.32 Å². The van der Waals surface area contributed by atoms with Crippen LogP contribution < -0.4 is 16.4 Å². The van der Waals surface area contributed by atoms with Gasteiger partial charge < -0.3 is 16.4 Å². The third kappa shape index (κ3) is 5.38. The Balaban J connectivity index is 1.89. The predicted molar refractivity (Wildman–Crippen MR) is 87.3 cm³/mol. The summed E-state index contributed by atoms with van der Waals surface area (Å²) in [5, 5.41) is 6.34. The highest BCUT2D eigenvalue weighted by atomic mass is 16.2. The first-order valence-electron chi connectivity index (χ1n) is 8.07. The Bertz CT molecular complexity index is 436. The van der Waals surface area contributed by atoms with Gasteiger partial charge in [-0.15, -0.1) is 0 Å². The number of benzene rings is 1. The maximum Gasteiger partial charge on any atom is 0.316 e. The number of nitrogens with one attached hydrogen (secondary N) is 2. The molecule has 4 heteroatoms. The van der Waals surface area contributed by atoms with Gasteiger partial charge >= 0.3 is 6.03 Å². The normalized spacial score (nSPS) is 18.5. The molecule has 1 atom stereocenters. The summed E-state index contributed by atoms with van der Waals surface area (Å²) >= 11 is 0. The minimum atomic E-state index is -0.525. The lowest BCUT2D eigenvalue weighted by atomic mass is 9.95. The van der Waals surface area contributed by atoms with Crippen LogP contribution in [-0.4, -0.2) is 12.1 Å². The number of rotatable bonds is 4. The van der Waals surface area contributed by atoms with Crippen LogP contribution in [-0.2, 0) is 0 Å². The fourth-order valence-electron chi connectivity index (χ4n) is 3.07. The molecule has 1 aromatic carbocycles. The Hall–Kier alpha value is -1.55. The van der Waals surface area contributed by atoms with E-state index in [4.69, 9.17) is 5.73 Å². The number of urea groups is 1. The van der Waals surface area contributed by atoms with Crippen molar-refractivity contribution in [3.8, 4) is 0 Å². The highest BCUT2D eigenvalue weighted by molar-refractivity contribution is 5.87. The highest BCUT2D eigenvalue weighted by Gasteiger charge is 2.14. The Morgan fingerprint density at radius 2 is 1.67 bits per heavy atom. The quantitative estimate of drug-likeness (QED) is 0.786. The molecule has 1 saturated carbocycles. The number of nitrogens with two attached hydrogens (primary N) is 1. The van der Waals surface area contributed by atoms with E-state index >= 15 is 0 Å². The maximum atomic E-state index is 10.8. The molecule has 4 nitrogen and oxygen atoms in total. The molecule has 1 aliphatic carbocycles. The molecule has 2 amide bonds. The summed E-state index contributed by atoms with van der Waals surface area (Å²) in [5.74, 6) is 0. The third-order valence-electron chi connectivity index (χ3n) is 4.27. The van der Waals surface area contributed by atoms with Crippen molar-refractivity contribution in [2.75, 3.05) is 5.32 Å². The molecule has 0 bridgehead atoms. The van der Waals surface area contributed by atoms with Gasteiger partial charge in [-0.2, -0.15) is 0 Å². The summed E-state index contributed by atoms with van der Waals surface area (Å²) in [6.07, 6.45) is 9.39. The second kappa shape index (κ2) is 8.03. The number of hydrogen-bond acceptors (Lipinski definition) is 2. The van der Waals surface area contributed by atoms with E-state index in [1.165, 1.54) is 50.5 Å². The van der Waals surface area contributed by atoms with E-state index in [0.717, 1.165) is 5.69 Å². The SMILES string of the molecule is CC(NC1CCCCCCC1)c1ccc(NC(N)=O)cc1. The molecule has 1 fully saturated rings. The lowest BCUT2D eigenvalue weighted by molar-refractivity contribution is 0.259. The molecule has 0 aliphatic heterocycles. The predicted octanol–water partition coefficient (Wildman–Crippen LogP) is 3.94. The van der Waals surface area contributed by atoms with E-state index in [0.29, 0.717) is 12.1 Å². The van der Waals surface area contributed by atoms with Gasteiger partial charge in [-0.3, -0.25) is 0 Å². The number of amides is 2. The molecule has 0 spiro atoms. The van der Waals surface area contributed by atoms with Crippen LogP contribution in [0.15, 0.2) is 24.3 Å². The van der Waals surface area contributed by atoms with E-state index < -0.39 is 6.03 Å². The van der Waals surface area contributed by atoms with Gasteiger partial charge in [0.25, 0.3) is 0 Å². The van der Waals surface area contributed by atoms with Crippen LogP contribution in [0.4, 0.5) is 10.5 Å². The average molecular weight is 289 g/mol. The van der Waals surface area contributed by atoms with Crippen molar-refractivity contribution in [3.63, 3.8) is 0 Å². The van der Waals surface area contributed by atoms with Crippen LogP contribution in [0.5, 0.6) is 0 Å². The van der Waals surface area contributed by atoms with Gasteiger partial charge in [-0.25, -0.2) is 4.79 Å². The summed E-state index contributed by atoms with van der Waals surface area (Å²) < 4.78 is 0. The zero-order chi connectivity index (χ0) is 15.1. The minimum Gasteiger partial charge on any atom is -0.351 e. The van der Waals surface area contributed by atoms with Gasteiger partial charge in [0.1, 0.15) is 0 Å². The topological polar surface area (TPSA) is 67.2 Å². The second-order valence-electron chi connectivity index (χ2n) is 6.04. The summed E-state index contributed by atoms with van der Waals surface area (Å²) in [7, 11) is 0. The minimum absolute atomic E-state index is 0.331. The molecule has 0 heterocycles. The molecular formula is C17H27N3O. The smallest absolute Gasteiger partial charge is 0.316 e. The number of anilines is 1. The average Bonchev–Trinajstić information content (AvgIpc) is 2.41. The monoisotopic (exact) mass is 289 g/mol. The van der Waals surface area contributed by atoms with Crippen molar-refractivity contribution in [2.24, 2.45) is 5.73 Å². The summed E-state index contributed by atoms with van der Waals surface area (Å²) in [6, 6.07) is 8.33. The summed E-state index contributed by atoms with van der Waals surface area (Å²) in [4.78, 5) is 10.8. The van der Waals surface area contributed by atoms with Gasteiger partial charge in [0.2, 0.25) is 0 Å². The van der Waals surface area contributed by atoms with Crippen LogP contribution in [0.3, 0.4) is 0 Å². The molecule has 0 radical (unpaired) electrons. The van der Waals surface area contributed by atoms with E-state index in [2.05, 4.69) is 17.6 Å². The zero-order valence-corrected chi connectivity index (χ0v) is 12.9. The molecule has 0 saturated heterocycles. The molecule has 4 N–H and O–H groups in total. The van der Waals surface area contributed by atoms with Gasteiger partial charge in [-0.05, 0) is 37.5 Å². The number of carbonyl (C=O) groups excluding carboxylic acids is 1. The highest BCUT2D eigenvalue weighted by Crippen LogP contribution is 2.21. The van der Waals surface area contributed by atoms with Gasteiger partial charge in [0, 0.05) is 17.8 Å². The van der Waals surface area contributed by atoms with Crippen molar-refractivity contribution in [3.05, 3.63) is 29.8 Å². The Labute approximate surface area is 127 Å². The van der Waals surface area contributed by atoms with Crippen molar-refractivity contribution < 1.29 is 4.79 Å². The fourth-order valence-corrected chi connectivity index (χ4v) is 3.07. The van der Waals surface area contributed by atoms with Gasteiger partial charge in [0.15, 0.2) is 0 Å². The molecule has 1 unspecified atom stereocenters. The van der Waals surface area contributed by atoms with E-state index in [9.17, 15) is 4.79 Å². The summed E-state index contributed by atoms with van der Waals surface area (Å²) in [5.41, 5.74) is 7.09. The number of primary amides is 1. The number of carbonyl (C=O) groups is 1. The van der Waals surface area contributed by atoms with Crippen LogP contribution >= 0.6 is 0 Å². The van der Waals surface area contributed by atoms with Crippen LogP contribution in [0.2, 0.25) is 0 Å². The summed E-state index contributed by atoms with van der Waals surface area (Å²) in [6.45, 7) is 2.20. The number of hydrogen-bond donors (Lipinski definition) is 3. The van der Waals surface area contributed by atoms with Crippen LogP contribution in [0.1, 0.15) is 63.5 Å². The molecule has 1 aromatic rings. The van der Waals surface area contributed by atoms with E-state index in [-0.39, 0.29) is 0 Å². The first kappa shape index (κ1) is 15.8. The lowest BCUT2D eigenvalue weighted by Crippen LogP contribution is -2.32. The van der Waals surface area contributed by atoms with Crippen molar-refractivity contribution in [2.45, 2.75) is 64.0 Å².